The predicted octanol–water partition coefficient (Wildman–Crippen LogP) is 3.47. The van der Waals surface area contributed by atoms with Crippen LogP contribution < -0.4 is 0 Å². The molecule has 2 aliphatic heterocycles. The summed E-state index contributed by atoms with van der Waals surface area (Å²) in [4.78, 5) is 2.63. The van der Waals surface area contributed by atoms with E-state index >= 15 is 0 Å². The lowest BCUT2D eigenvalue weighted by atomic mass is 9.97. The first kappa shape index (κ1) is 11.4. The largest absolute Gasteiger partial charge is 0.293 e. The Morgan fingerprint density at radius 3 is 2.38 bits per heavy atom. The van der Waals surface area contributed by atoms with Crippen LogP contribution in [0, 0.1) is 0 Å². The molecule has 2 aliphatic rings. The highest BCUT2D eigenvalue weighted by atomic mass is 15.2. The number of piperidine rings is 1. The summed E-state index contributed by atoms with van der Waals surface area (Å²) in [6.45, 7) is 12.8. The zero-order valence-electron chi connectivity index (χ0n) is 9.99. The maximum Gasteiger partial charge on any atom is 0.0239 e. The molecule has 0 saturated carbocycles. The molecule has 1 nitrogen and oxygen atoms in total. The van der Waals surface area contributed by atoms with Crippen LogP contribution in [0.4, 0.5) is 0 Å². The molecular formula is C15H21N. The van der Waals surface area contributed by atoms with Crippen LogP contribution in [0.2, 0.25) is 0 Å². The van der Waals surface area contributed by atoms with Crippen molar-refractivity contribution >= 4 is 0 Å². The molecule has 2 atom stereocenters. The molecule has 2 rings (SSSR count). The number of fused-ring (bicyclic) bond motifs is 2. The minimum absolute atomic E-state index is 0.722. The lowest BCUT2D eigenvalue weighted by molar-refractivity contribution is 0.183. The van der Waals surface area contributed by atoms with E-state index in [4.69, 9.17) is 0 Å². The Morgan fingerprint density at radius 2 is 1.88 bits per heavy atom. The first-order chi connectivity index (χ1) is 7.74. The molecule has 0 aromatic heterocycles. The summed E-state index contributed by atoms with van der Waals surface area (Å²) in [5.74, 6) is 0. The van der Waals surface area contributed by atoms with Crippen molar-refractivity contribution in [3.63, 3.8) is 0 Å². The summed E-state index contributed by atoms with van der Waals surface area (Å²) < 4.78 is 0. The van der Waals surface area contributed by atoms with Gasteiger partial charge >= 0.3 is 0 Å². The molecule has 2 saturated heterocycles. The molecule has 86 valence electrons. The van der Waals surface area contributed by atoms with Gasteiger partial charge in [0.25, 0.3) is 0 Å². The van der Waals surface area contributed by atoms with E-state index < -0.39 is 0 Å². The van der Waals surface area contributed by atoms with Crippen LogP contribution in [0.1, 0.15) is 25.7 Å². The van der Waals surface area contributed by atoms with E-state index in [-0.39, 0.29) is 0 Å². The highest BCUT2D eigenvalue weighted by molar-refractivity contribution is 5.24. The Kier molecular flexibility index (Phi) is 3.45. The summed E-state index contributed by atoms with van der Waals surface area (Å²) in [5.41, 5.74) is 2.72. The molecule has 0 amide bonds. The highest BCUT2D eigenvalue weighted by Crippen LogP contribution is 2.37. The molecule has 0 radical (unpaired) electrons. The first-order valence-electron chi connectivity index (χ1n) is 6.11. The second kappa shape index (κ2) is 4.84. The smallest absolute Gasteiger partial charge is 0.0239 e. The van der Waals surface area contributed by atoms with Crippen LogP contribution in [0.25, 0.3) is 0 Å². The van der Waals surface area contributed by atoms with Gasteiger partial charge in [-0.3, -0.25) is 4.90 Å². The van der Waals surface area contributed by atoms with Crippen LogP contribution in [0.5, 0.6) is 0 Å². The van der Waals surface area contributed by atoms with Gasteiger partial charge in [0.05, 0.1) is 0 Å². The third kappa shape index (κ3) is 2.19. The molecule has 1 unspecified atom stereocenters. The summed E-state index contributed by atoms with van der Waals surface area (Å²) >= 11 is 0. The number of rotatable bonds is 4. The molecule has 0 N–H and O–H groups in total. The van der Waals surface area contributed by atoms with Gasteiger partial charge in [-0.05, 0) is 31.3 Å². The van der Waals surface area contributed by atoms with E-state index in [1.807, 2.05) is 12.2 Å². The lowest BCUT2D eigenvalue weighted by Gasteiger charge is -2.36. The van der Waals surface area contributed by atoms with Crippen LogP contribution in [-0.2, 0) is 0 Å². The first-order valence-corrected chi connectivity index (χ1v) is 6.11. The Bertz CT molecular complexity index is 321. The van der Waals surface area contributed by atoms with Gasteiger partial charge < -0.3 is 0 Å². The maximum atomic E-state index is 4.15. The second-order valence-electron chi connectivity index (χ2n) is 4.90. The van der Waals surface area contributed by atoms with Gasteiger partial charge in [0, 0.05) is 18.6 Å². The van der Waals surface area contributed by atoms with Crippen molar-refractivity contribution in [1.29, 1.82) is 0 Å². The third-order valence-electron chi connectivity index (χ3n) is 3.78. The van der Waals surface area contributed by atoms with Gasteiger partial charge in [0.1, 0.15) is 0 Å². The fourth-order valence-corrected chi connectivity index (χ4v) is 3.01. The number of allylic oxidation sites excluding steroid dienone is 2. The highest BCUT2D eigenvalue weighted by Gasteiger charge is 2.37. The number of nitrogens with zero attached hydrogens (tertiary/aromatic N) is 1. The second-order valence-corrected chi connectivity index (χ2v) is 4.90. The Hall–Kier alpha value is -1.08. The Balaban J connectivity index is 2.06. The van der Waals surface area contributed by atoms with E-state index in [2.05, 4.69) is 30.7 Å². The van der Waals surface area contributed by atoms with Gasteiger partial charge in [-0.1, -0.05) is 43.5 Å². The van der Waals surface area contributed by atoms with E-state index in [0.717, 1.165) is 18.6 Å². The van der Waals surface area contributed by atoms with Crippen molar-refractivity contribution < 1.29 is 0 Å². The van der Waals surface area contributed by atoms with Gasteiger partial charge in [-0.25, -0.2) is 0 Å². The molecule has 0 aromatic rings. The lowest BCUT2D eigenvalue weighted by Crippen LogP contribution is -2.41. The molecule has 0 aromatic carbocycles. The minimum Gasteiger partial charge on any atom is -0.293 e. The van der Waals surface area contributed by atoms with Gasteiger partial charge in [0.15, 0.2) is 0 Å². The van der Waals surface area contributed by atoms with Crippen molar-refractivity contribution in [1.82, 2.24) is 4.90 Å². The quantitative estimate of drug-likeness (QED) is 0.513. The fourth-order valence-electron chi connectivity index (χ4n) is 3.01. The average Bonchev–Trinajstić information content (AvgIpc) is 2.50. The minimum atomic E-state index is 0.722. The summed E-state index contributed by atoms with van der Waals surface area (Å²) in [6, 6.07) is 1.44. The van der Waals surface area contributed by atoms with Gasteiger partial charge in [-0.15, -0.1) is 0 Å². The van der Waals surface area contributed by atoms with E-state index in [1.54, 1.807) is 0 Å². The summed E-state index contributed by atoms with van der Waals surface area (Å²) in [5, 5.41) is 0. The molecule has 16 heavy (non-hydrogen) atoms. The molecule has 2 heterocycles. The van der Waals surface area contributed by atoms with E-state index in [9.17, 15) is 0 Å². The molecule has 1 heteroatoms. The average molecular weight is 215 g/mol. The molecule has 0 aliphatic carbocycles. The third-order valence-corrected chi connectivity index (χ3v) is 3.78. The van der Waals surface area contributed by atoms with Crippen LogP contribution in [0.3, 0.4) is 0 Å². The fraction of sp³-hybridized carbons (Fsp3) is 0.467. The Labute approximate surface area is 98.8 Å². The number of hydrogen-bond acceptors (Lipinski definition) is 1. The van der Waals surface area contributed by atoms with Gasteiger partial charge in [-0.2, -0.15) is 0 Å². The van der Waals surface area contributed by atoms with Crippen molar-refractivity contribution in [3.05, 3.63) is 49.1 Å². The van der Waals surface area contributed by atoms with E-state index in [1.165, 1.54) is 36.8 Å². The van der Waals surface area contributed by atoms with Crippen molar-refractivity contribution in [2.24, 2.45) is 0 Å². The molecule has 2 fully saturated rings. The topological polar surface area (TPSA) is 3.24 Å². The van der Waals surface area contributed by atoms with Crippen LogP contribution in [0.15, 0.2) is 49.1 Å². The number of hydrogen-bond donors (Lipinski definition) is 0. The summed E-state index contributed by atoms with van der Waals surface area (Å²) in [6.07, 6.45) is 10.9. The van der Waals surface area contributed by atoms with Crippen molar-refractivity contribution in [3.8, 4) is 0 Å². The van der Waals surface area contributed by atoms with Crippen molar-refractivity contribution in [2.45, 2.75) is 37.8 Å². The molecule has 0 spiro atoms. The van der Waals surface area contributed by atoms with E-state index in [0.29, 0.717) is 0 Å². The maximum absolute atomic E-state index is 4.15. The molecule has 2 bridgehead atoms. The predicted molar refractivity (Wildman–Crippen MR) is 70.4 cm³/mol. The molecular weight excluding hydrogens is 194 g/mol. The van der Waals surface area contributed by atoms with Gasteiger partial charge in [0.2, 0.25) is 0 Å². The normalized spacial score (nSPS) is 30.5. The van der Waals surface area contributed by atoms with Crippen LogP contribution in [-0.4, -0.2) is 23.5 Å². The Morgan fingerprint density at radius 1 is 1.25 bits per heavy atom. The zero-order valence-corrected chi connectivity index (χ0v) is 9.99. The van der Waals surface area contributed by atoms with Crippen molar-refractivity contribution in [2.75, 3.05) is 6.54 Å². The monoisotopic (exact) mass is 215 g/mol. The summed E-state index contributed by atoms with van der Waals surface area (Å²) in [7, 11) is 0. The zero-order chi connectivity index (χ0) is 11.5. The standard InChI is InChI=1S/C15H21N/c1-4-6-13(5-2)11-16-14-7-8-15(16)10-12(3)9-14/h4-6,14-15H,1-3,7-11H2/b13-6+/t14-,15?/m1/s1. The van der Waals surface area contributed by atoms with Crippen LogP contribution >= 0.6 is 0 Å². The SMILES string of the molecule is C=C/C=C(\C=C)CN1C2CC[C@@H]1CC(=C)C2.